The highest BCUT2D eigenvalue weighted by molar-refractivity contribution is 5.92. The van der Waals surface area contributed by atoms with Crippen LogP contribution < -0.4 is 11.1 Å². The largest absolute Gasteiger partial charge is 0.399 e. The van der Waals surface area contributed by atoms with Crippen molar-refractivity contribution in [3.8, 4) is 0 Å². The van der Waals surface area contributed by atoms with Crippen LogP contribution >= 0.6 is 0 Å². The van der Waals surface area contributed by atoms with Crippen molar-refractivity contribution >= 4 is 17.3 Å². The third-order valence-electron chi connectivity index (χ3n) is 2.71. The van der Waals surface area contributed by atoms with Crippen LogP contribution in [0.15, 0.2) is 18.2 Å². The van der Waals surface area contributed by atoms with Crippen molar-refractivity contribution in [2.45, 2.75) is 13.3 Å². The molecule has 0 unspecified atom stereocenters. The molecular weight excluding hydrogens is 249 g/mol. The number of rotatable bonds is 7. The summed E-state index contributed by atoms with van der Waals surface area (Å²) in [7, 11) is 0. The number of nitrogens with zero attached hydrogens (tertiary/aromatic N) is 1. The van der Waals surface area contributed by atoms with Gasteiger partial charge in [0.1, 0.15) is 5.82 Å². The lowest BCUT2D eigenvalue weighted by Gasteiger charge is -2.19. The molecule has 0 radical (unpaired) electrons. The molecule has 0 bridgehead atoms. The molecule has 0 fully saturated rings. The van der Waals surface area contributed by atoms with Crippen molar-refractivity contribution in [2.24, 2.45) is 0 Å². The molecule has 5 nitrogen and oxygen atoms in total. The quantitative estimate of drug-likeness (QED) is 0.647. The summed E-state index contributed by atoms with van der Waals surface area (Å²) >= 11 is 0. The Hall–Kier alpha value is -1.66. The lowest BCUT2D eigenvalue weighted by atomic mass is 10.2. The zero-order valence-electron chi connectivity index (χ0n) is 11.0. The van der Waals surface area contributed by atoms with Crippen LogP contribution in [0.2, 0.25) is 0 Å². The molecule has 1 aromatic carbocycles. The Kier molecular flexibility index (Phi) is 6.24. The fourth-order valence-corrected chi connectivity index (χ4v) is 1.67. The van der Waals surface area contributed by atoms with E-state index in [0.29, 0.717) is 25.2 Å². The van der Waals surface area contributed by atoms with Crippen molar-refractivity contribution < 1.29 is 14.3 Å². The smallest absolute Gasteiger partial charge is 0.238 e. The minimum absolute atomic E-state index is 0.0853. The molecule has 106 valence electrons. The van der Waals surface area contributed by atoms with Crippen LogP contribution in [-0.2, 0) is 4.79 Å². The van der Waals surface area contributed by atoms with Crippen LogP contribution in [0.1, 0.15) is 13.3 Å². The van der Waals surface area contributed by atoms with Crippen LogP contribution in [0.5, 0.6) is 0 Å². The van der Waals surface area contributed by atoms with E-state index in [9.17, 15) is 9.18 Å². The lowest BCUT2D eigenvalue weighted by molar-refractivity contribution is -0.117. The highest BCUT2D eigenvalue weighted by Gasteiger charge is 2.11. The van der Waals surface area contributed by atoms with E-state index in [1.807, 2.05) is 11.8 Å². The Labute approximate surface area is 112 Å². The van der Waals surface area contributed by atoms with Gasteiger partial charge in [-0.25, -0.2) is 4.39 Å². The average molecular weight is 269 g/mol. The van der Waals surface area contributed by atoms with E-state index >= 15 is 0 Å². The molecule has 1 amide bonds. The maximum atomic E-state index is 13.4. The molecule has 1 rings (SSSR count). The Morgan fingerprint density at radius 1 is 1.53 bits per heavy atom. The first-order valence-corrected chi connectivity index (χ1v) is 6.25. The minimum atomic E-state index is -0.513. The standard InChI is InChI=1S/C13H20FN3O2/c1-2-17(6-3-7-18)9-13(19)16-12-8-10(15)4-5-11(12)14/h4-5,8,18H,2-3,6-7,9,15H2,1H3,(H,16,19). The molecule has 19 heavy (non-hydrogen) atoms. The number of benzene rings is 1. The van der Waals surface area contributed by atoms with Gasteiger partial charge in [0.05, 0.1) is 12.2 Å². The first-order valence-electron chi connectivity index (χ1n) is 6.25. The molecule has 0 saturated carbocycles. The van der Waals surface area contributed by atoms with E-state index < -0.39 is 5.82 Å². The first kappa shape index (κ1) is 15.4. The number of nitrogens with two attached hydrogens (primary N) is 1. The second kappa shape index (κ2) is 7.70. The molecule has 0 aliphatic heterocycles. The topological polar surface area (TPSA) is 78.6 Å². The summed E-state index contributed by atoms with van der Waals surface area (Å²) in [6.07, 6.45) is 0.605. The second-order valence-electron chi connectivity index (χ2n) is 4.23. The molecule has 0 spiro atoms. The Bertz CT molecular complexity index is 426. The third-order valence-corrected chi connectivity index (χ3v) is 2.71. The van der Waals surface area contributed by atoms with E-state index in [2.05, 4.69) is 5.32 Å². The fourth-order valence-electron chi connectivity index (χ4n) is 1.67. The maximum Gasteiger partial charge on any atom is 0.238 e. The predicted octanol–water partition coefficient (Wildman–Crippen LogP) is 1.05. The number of aliphatic hydroxyl groups is 1. The summed E-state index contributed by atoms with van der Waals surface area (Å²) in [4.78, 5) is 13.7. The number of nitrogen functional groups attached to an aromatic ring is 1. The van der Waals surface area contributed by atoms with Gasteiger partial charge in [-0.15, -0.1) is 0 Å². The molecule has 0 atom stereocenters. The van der Waals surface area contributed by atoms with Gasteiger partial charge in [0, 0.05) is 18.8 Å². The average Bonchev–Trinajstić information content (AvgIpc) is 2.38. The number of likely N-dealkylation sites (N-methyl/N-ethyl adjacent to an activating group) is 1. The molecule has 0 aliphatic carbocycles. The highest BCUT2D eigenvalue weighted by Crippen LogP contribution is 2.17. The number of hydrogen-bond donors (Lipinski definition) is 3. The van der Waals surface area contributed by atoms with Gasteiger partial charge in [-0.3, -0.25) is 9.69 Å². The summed E-state index contributed by atoms with van der Waals surface area (Å²) in [5.74, 6) is -0.815. The number of amides is 1. The number of hydrogen-bond acceptors (Lipinski definition) is 4. The zero-order valence-corrected chi connectivity index (χ0v) is 11.0. The van der Waals surface area contributed by atoms with Crippen LogP contribution in [-0.4, -0.2) is 42.2 Å². The van der Waals surface area contributed by atoms with Gasteiger partial charge in [-0.1, -0.05) is 6.92 Å². The summed E-state index contributed by atoms with van der Waals surface area (Å²) < 4.78 is 13.4. The van der Waals surface area contributed by atoms with Gasteiger partial charge in [0.2, 0.25) is 5.91 Å². The first-order chi connectivity index (χ1) is 9.06. The van der Waals surface area contributed by atoms with E-state index in [-0.39, 0.29) is 24.7 Å². The fraction of sp³-hybridized carbons (Fsp3) is 0.462. The summed E-state index contributed by atoms with van der Waals surface area (Å²) in [5.41, 5.74) is 6.02. The van der Waals surface area contributed by atoms with Crippen molar-refractivity contribution in [2.75, 3.05) is 37.3 Å². The van der Waals surface area contributed by atoms with Crippen molar-refractivity contribution in [3.63, 3.8) is 0 Å². The lowest BCUT2D eigenvalue weighted by Crippen LogP contribution is -2.34. The number of carbonyl (C=O) groups excluding carboxylic acids is 1. The van der Waals surface area contributed by atoms with E-state index in [4.69, 9.17) is 10.8 Å². The van der Waals surface area contributed by atoms with Crippen molar-refractivity contribution in [1.82, 2.24) is 4.90 Å². The molecule has 4 N–H and O–H groups in total. The number of carbonyl (C=O) groups is 1. The summed E-state index contributed by atoms with van der Waals surface area (Å²) in [5, 5.41) is 11.3. The van der Waals surface area contributed by atoms with Gasteiger partial charge in [0.15, 0.2) is 0 Å². The molecule has 0 saturated heterocycles. The number of aliphatic hydroxyl groups excluding tert-OH is 1. The minimum Gasteiger partial charge on any atom is -0.399 e. The zero-order chi connectivity index (χ0) is 14.3. The summed E-state index contributed by atoms with van der Waals surface area (Å²) in [6, 6.07) is 4.04. The number of halogens is 1. The predicted molar refractivity (Wildman–Crippen MR) is 73.3 cm³/mol. The Morgan fingerprint density at radius 3 is 2.89 bits per heavy atom. The summed E-state index contributed by atoms with van der Waals surface area (Å²) in [6.45, 7) is 3.48. The number of anilines is 2. The molecule has 1 aromatic rings. The Balaban J connectivity index is 2.56. The normalized spacial score (nSPS) is 10.7. The van der Waals surface area contributed by atoms with Crippen molar-refractivity contribution in [1.29, 1.82) is 0 Å². The van der Waals surface area contributed by atoms with E-state index in [0.717, 1.165) is 0 Å². The van der Waals surface area contributed by atoms with Gasteiger partial charge in [0.25, 0.3) is 0 Å². The molecule has 0 aromatic heterocycles. The molecule has 0 heterocycles. The highest BCUT2D eigenvalue weighted by atomic mass is 19.1. The van der Waals surface area contributed by atoms with Crippen LogP contribution in [0.4, 0.5) is 15.8 Å². The van der Waals surface area contributed by atoms with E-state index in [1.54, 1.807) is 0 Å². The van der Waals surface area contributed by atoms with Crippen molar-refractivity contribution in [3.05, 3.63) is 24.0 Å². The van der Waals surface area contributed by atoms with E-state index in [1.165, 1.54) is 18.2 Å². The van der Waals surface area contributed by atoms with Crippen LogP contribution in [0.3, 0.4) is 0 Å². The van der Waals surface area contributed by atoms with Gasteiger partial charge < -0.3 is 16.2 Å². The molecule has 6 heteroatoms. The van der Waals surface area contributed by atoms with Gasteiger partial charge >= 0.3 is 0 Å². The van der Waals surface area contributed by atoms with Gasteiger partial charge in [-0.05, 0) is 31.2 Å². The molecular formula is C13H20FN3O2. The maximum absolute atomic E-state index is 13.4. The van der Waals surface area contributed by atoms with Crippen LogP contribution in [0.25, 0.3) is 0 Å². The van der Waals surface area contributed by atoms with Crippen LogP contribution in [0, 0.1) is 5.82 Å². The second-order valence-corrected chi connectivity index (χ2v) is 4.23. The SMILES string of the molecule is CCN(CCCO)CC(=O)Nc1cc(N)ccc1F. The van der Waals surface area contributed by atoms with Gasteiger partial charge in [-0.2, -0.15) is 0 Å². The monoisotopic (exact) mass is 269 g/mol. The molecule has 0 aliphatic rings. The Morgan fingerprint density at radius 2 is 2.26 bits per heavy atom. The third kappa shape index (κ3) is 5.23. The number of nitrogens with one attached hydrogen (secondary N) is 1.